The second-order valence-electron chi connectivity index (χ2n) is 6.34. The highest BCUT2D eigenvalue weighted by Crippen LogP contribution is 2.56. The normalized spacial score (nSPS) is 20.1. The van der Waals surface area contributed by atoms with Gasteiger partial charge >= 0.3 is 0 Å². The Labute approximate surface area is 114 Å². The van der Waals surface area contributed by atoms with E-state index in [0.29, 0.717) is 0 Å². The van der Waals surface area contributed by atoms with Crippen LogP contribution in [0.3, 0.4) is 0 Å². The average Bonchev–Trinajstić information content (AvgIpc) is 2.23. The first-order chi connectivity index (χ1) is 8.31. The van der Waals surface area contributed by atoms with Crippen molar-refractivity contribution in [2.45, 2.75) is 44.1 Å². The molecule has 3 rings (SSSR count). The van der Waals surface area contributed by atoms with Crippen molar-refractivity contribution in [3.8, 4) is 0 Å². The van der Waals surface area contributed by atoms with Crippen LogP contribution >= 0.6 is 11.8 Å². The van der Waals surface area contributed by atoms with Crippen molar-refractivity contribution in [2.75, 3.05) is 0 Å². The van der Waals surface area contributed by atoms with Crippen LogP contribution in [0.5, 0.6) is 0 Å². The molecule has 0 fully saturated rings. The molecule has 0 nitrogen and oxygen atoms in total. The number of hydrogen-bond acceptors (Lipinski definition) is 1. The first kappa shape index (κ1) is 12.1. The average molecular weight is 256 g/mol. The van der Waals surface area contributed by atoms with Gasteiger partial charge in [0.05, 0.1) is 0 Å². The van der Waals surface area contributed by atoms with Crippen LogP contribution in [0.4, 0.5) is 0 Å². The quantitative estimate of drug-likeness (QED) is 0.611. The smallest absolute Gasteiger partial charge is 0.0367 e. The van der Waals surface area contributed by atoms with E-state index in [0.717, 1.165) is 0 Å². The second kappa shape index (κ2) is 3.54. The summed E-state index contributed by atoms with van der Waals surface area (Å²) in [6.07, 6.45) is 0. The zero-order valence-electron chi connectivity index (χ0n) is 11.8. The Morgan fingerprint density at radius 1 is 0.889 bits per heavy atom. The van der Waals surface area contributed by atoms with Gasteiger partial charge in [0, 0.05) is 9.49 Å². The number of rotatable bonds is 0. The molecular formula is C17H20S. The van der Waals surface area contributed by atoms with Gasteiger partial charge in [0.15, 0.2) is 0 Å². The Hall–Kier alpha value is -0.950. The summed E-state index contributed by atoms with van der Waals surface area (Å²) in [5.74, 6) is 0. The molecule has 1 aliphatic heterocycles. The largest absolute Gasteiger partial charge is 0.140 e. The predicted molar refractivity (Wildman–Crippen MR) is 82.3 cm³/mol. The maximum atomic E-state index is 2.37. The molecule has 0 aliphatic carbocycles. The molecule has 0 aromatic heterocycles. The van der Waals surface area contributed by atoms with Gasteiger partial charge in [-0.15, -0.1) is 11.8 Å². The van der Waals surface area contributed by atoms with Gasteiger partial charge in [-0.1, -0.05) is 35.9 Å². The summed E-state index contributed by atoms with van der Waals surface area (Å²) in [4.78, 5) is 0. The van der Waals surface area contributed by atoms with Gasteiger partial charge in [-0.25, -0.2) is 0 Å². The molecule has 1 aliphatic rings. The first-order valence-corrected chi connectivity index (χ1v) is 7.37. The van der Waals surface area contributed by atoms with Gasteiger partial charge < -0.3 is 0 Å². The van der Waals surface area contributed by atoms with Crippen LogP contribution in [0.2, 0.25) is 0 Å². The lowest BCUT2D eigenvalue weighted by molar-refractivity contribution is 0.705. The topological polar surface area (TPSA) is 0 Å². The molecule has 0 saturated heterocycles. The zero-order valence-corrected chi connectivity index (χ0v) is 12.6. The van der Waals surface area contributed by atoms with Gasteiger partial charge in [-0.3, -0.25) is 0 Å². The zero-order chi connectivity index (χ0) is 13.1. The molecule has 94 valence electrons. The first-order valence-electron chi connectivity index (χ1n) is 6.56. The summed E-state index contributed by atoms with van der Waals surface area (Å²) in [6, 6.07) is 11.4. The molecular weight excluding hydrogens is 236 g/mol. The molecule has 0 radical (unpaired) electrons. The van der Waals surface area contributed by atoms with Crippen LogP contribution in [-0.4, -0.2) is 0 Å². The van der Waals surface area contributed by atoms with Crippen molar-refractivity contribution < 1.29 is 0 Å². The van der Waals surface area contributed by atoms with Crippen molar-refractivity contribution in [3.05, 3.63) is 47.0 Å². The van der Waals surface area contributed by atoms with Crippen molar-refractivity contribution in [2.24, 2.45) is 0 Å². The van der Waals surface area contributed by atoms with E-state index < -0.39 is 0 Å². The third-order valence-electron chi connectivity index (χ3n) is 3.93. The summed E-state index contributed by atoms with van der Waals surface area (Å²) < 4.78 is 0.368. The van der Waals surface area contributed by atoms with E-state index in [1.54, 1.807) is 0 Å². The molecule has 18 heavy (non-hydrogen) atoms. The standard InChI is InChI=1S/C17H20S/c1-11-9-12-7-6-8-13-15(12)14(10-11)17(4,5)18-16(13,2)3/h6-10H,1-5H3. The summed E-state index contributed by atoms with van der Waals surface area (Å²) in [6.45, 7) is 11.6. The fourth-order valence-corrected chi connectivity index (χ4v) is 5.13. The number of benzene rings is 2. The Morgan fingerprint density at radius 3 is 2.28 bits per heavy atom. The monoisotopic (exact) mass is 256 g/mol. The Morgan fingerprint density at radius 2 is 1.56 bits per heavy atom. The minimum Gasteiger partial charge on any atom is -0.140 e. The lowest BCUT2D eigenvalue weighted by Gasteiger charge is -2.42. The summed E-state index contributed by atoms with van der Waals surface area (Å²) in [5.41, 5.74) is 4.35. The number of aryl methyl sites for hydroxylation is 1. The Kier molecular flexibility index (Phi) is 2.38. The van der Waals surface area contributed by atoms with E-state index in [2.05, 4.69) is 76.7 Å². The maximum absolute atomic E-state index is 2.37. The van der Waals surface area contributed by atoms with Crippen LogP contribution in [0.25, 0.3) is 10.8 Å². The van der Waals surface area contributed by atoms with Crippen LogP contribution in [-0.2, 0) is 9.49 Å². The summed E-state index contributed by atoms with van der Waals surface area (Å²) in [5, 5.41) is 2.88. The maximum Gasteiger partial charge on any atom is 0.0367 e. The van der Waals surface area contributed by atoms with Gasteiger partial charge in [-0.05, 0) is 56.5 Å². The molecule has 0 amide bonds. The van der Waals surface area contributed by atoms with Crippen LogP contribution in [0.15, 0.2) is 30.3 Å². The van der Waals surface area contributed by atoms with E-state index in [1.165, 1.54) is 27.5 Å². The SMILES string of the molecule is Cc1cc2c3c(cccc3c1)C(C)(C)SC2(C)C. The molecule has 2 aromatic rings. The molecule has 0 N–H and O–H groups in total. The highest BCUT2D eigenvalue weighted by atomic mass is 32.2. The van der Waals surface area contributed by atoms with Gasteiger partial charge in [0.2, 0.25) is 0 Å². The van der Waals surface area contributed by atoms with E-state index in [4.69, 9.17) is 0 Å². The summed E-state index contributed by atoms with van der Waals surface area (Å²) >= 11 is 2.07. The molecule has 0 unspecified atom stereocenters. The minimum absolute atomic E-state index is 0.183. The molecule has 0 spiro atoms. The van der Waals surface area contributed by atoms with Crippen LogP contribution < -0.4 is 0 Å². The van der Waals surface area contributed by atoms with Gasteiger partial charge in [0.1, 0.15) is 0 Å². The molecule has 1 heterocycles. The highest BCUT2D eigenvalue weighted by Gasteiger charge is 2.39. The van der Waals surface area contributed by atoms with Gasteiger partial charge in [0.25, 0.3) is 0 Å². The van der Waals surface area contributed by atoms with Crippen molar-refractivity contribution in [3.63, 3.8) is 0 Å². The van der Waals surface area contributed by atoms with Crippen molar-refractivity contribution >= 4 is 22.5 Å². The molecule has 0 saturated carbocycles. The third kappa shape index (κ3) is 1.60. The number of thioether (sulfide) groups is 1. The third-order valence-corrected chi connectivity index (χ3v) is 5.39. The van der Waals surface area contributed by atoms with Crippen molar-refractivity contribution in [1.82, 2.24) is 0 Å². The van der Waals surface area contributed by atoms with Crippen LogP contribution in [0.1, 0.15) is 44.4 Å². The molecule has 1 heteroatoms. The van der Waals surface area contributed by atoms with Gasteiger partial charge in [-0.2, -0.15) is 0 Å². The van der Waals surface area contributed by atoms with E-state index >= 15 is 0 Å². The van der Waals surface area contributed by atoms with Crippen LogP contribution in [0, 0.1) is 6.92 Å². The fourth-order valence-electron chi connectivity index (χ4n) is 3.30. The second-order valence-corrected chi connectivity index (χ2v) is 8.58. The molecule has 0 bridgehead atoms. The Bertz CT molecular complexity index is 635. The summed E-state index contributed by atoms with van der Waals surface area (Å²) in [7, 11) is 0. The lowest BCUT2D eigenvalue weighted by Crippen LogP contribution is -2.28. The van der Waals surface area contributed by atoms with Crippen molar-refractivity contribution in [1.29, 1.82) is 0 Å². The van der Waals surface area contributed by atoms with E-state index in [-0.39, 0.29) is 9.49 Å². The number of hydrogen-bond donors (Lipinski definition) is 0. The lowest BCUT2D eigenvalue weighted by atomic mass is 9.86. The minimum atomic E-state index is 0.183. The van der Waals surface area contributed by atoms with E-state index in [9.17, 15) is 0 Å². The Balaban J connectivity index is 2.52. The molecule has 2 aromatic carbocycles. The predicted octanol–water partition coefficient (Wildman–Crippen LogP) is 5.37. The molecule has 0 atom stereocenters. The van der Waals surface area contributed by atoms with E-state index in [1.807, 2.05) is 0 Å². The highest BCUT2D eigenvalue weighted by molar-refractivity contribution is 8.01. The fraction of sp³-hybridized carbons (Fsp3) is 0.412.